The van der Waals surface area contributed by atoms with Gasteiger partial charge in [0, 0.05) is 85.5 Å². The molecule has 2 aromatic rings. The number of phenols is 1. The molecule has 15 heteroatoms. The lowest BCUT2D eigenvalue weighted by molar-refractivity contribution is -0.170. The molecule has 3 fully saturated rings. The molecule has 84 heavy (non-hydrogen) atoms. The first-order valence-corrected chi connectivity index (χ1v) is 32.8. The van der Waals surface area contributed by atoms with Crippen LogP contribution in [-0.4, -0.2) is 110 Å². The lowest BCUT2D eigenvalue weighted by Crippen LogP contribution is -2.56. The van der Waals surface area contributed by atoms with Gasteiger partial charge in [-0.15, -0.1) is 0 Å². The molecule has 0 saturated heterocycles. The summed E-state index contributed by atoms with van der Waals surface area (Å²) < 4.78 is 26.5. The molecule has 1 aliphatic heterocycles. The second-order valence-electron chi connectivity index (χ2n) is 25.3. The van der Waals surface area contributed by atoms with Crippen LogP contribution in [-0.2, 0) is 19.0 Å². The molecule has 3 saturated carbocycles. The van der Waals surface area contributed by atoms with Crippen LogP contribution in [0.3, 0.4) is 0 Å². The van der Waals surface area contributed by atoms with Crippen molar-refractivity contribution in [2.45, 2.75) is 200 Å². The van der Waals surface area contributed by atoms with E-state index in [2.05, 4.69) is 37.9 Å². The monoisotopic (exact) mass is 1160 g/mol. The molecular weight excluding hydrogens is 1060 g/mol. The van der Waals surface area contributed by atoms with Crippen molar-refractivity contribution in [1.82, 2.24) is 10.2 Å². The third-order valence-electron chi connectivity index (χ3n) is 19.6. The molecule has 4 aliphatic carbocycles. The van der Waals surface area contributed by atoms with E-state index >= 15 is 0 Å². The van der Waals surface area contributed by atoms with Crippen molar-refractivity contribution in [3.8, 4) is 28.2 Å². The smallest absolute Gasteiger partial charge is 0.336 e. The Kier molecular flexibility index (Phi) is 26.9. The van der Waals surface area contributed by atoms with Crippen LogP contribution in [0.15, 0.2) is 63.8 Å². The Morgan fingerprint density at radius 2 is 1.51 bits per heavy atom. The zero-order valence-electron chi connectivity index (χ0n) is 51.6. The average Bonchev–Trinajstić information content (AvgIpc) is 1.49. The number of carboxylic acids is 1. The molecule has 0 spiro atoms. The summed E-state index contributed by atoms with van der Waals surface area (Å²) in [6, 6.07) is 13.4. The Hall–Kier alpha value is -4.90. The van der Waals surface area contributed by atoms with Gasteiger partial charge < -0.3 is 56.3 Å². The van der Waals surface area contributed by atoms with E-state index in [4.69, 9.17) is 35.8 Å². The van der Waals surface area contributed by atoms with Crippen molar-refractivity contribution in [3.05, 3.63) is 75.9 Å². The molecule has 10 atom stereocenters. The third kappa shape index (κ3) is 17.6. The van der Waals surface area contributed by atoms with Crippen LogP contribution in [0.4, 0.5) is 0 Å². The lowest BCUT2D eigenvalue weighted by Gasteiger charge is -2.56. The highest BCUT2D eigenvalue weighted by atomic mass is 16.5. The van der Waals surface area contributed by atoms with Gasteiger partial charge in [-0.25, -0.2) is 4.79 Å². The fourth-order valence-corrected chi connectivity index (χ4v) is 15.3. The molecule has 7 rings (SSSR count). The Morgan fingerprint density at radius 3 is 2.27 bits per heavy atom. The molecule has 2 aromatic carbocycles. The Bertz CT molecular complexity index is 2700. The minimum Gasteiger partial charge on any atom is -0.508 e. The standard InChI is InChI=1S/C69H105N5O10/c1-5-7-8-9-10-14-36-74(64(77)23-12-11-13-35-73-67(78)50-24-27-54(57(43-50)68(79)80)66-55-28-25-51(75)45-60(55)84-61-46-52(76)26-29-56(61)66)37-16-20-47(3)58-30-31-59-65(49(6-2)44-63(69(58,59)4)83-40-19-34-72)62(82-39-18-33-71)42-48-21-15-22-53(41-48)81-38-17-32-70/h24-29,43,45-49,53,58-59,62-63,65,75H,5-23,30-42,44,70-72H2,1-4H3,(H,73,78)(H,79,80)/t47-,48?,49+,53-,58?,59+,62-,63+,65?,69?/m1/s1. The maximum atomic E-state index is 14.2. The maximum absolute atomic E-state index is 14.2. The average molecular weight is 1160 g/mol. The molecule has 2 amide bonds. The number of phenolic OH excluding ortho intramolecular Hbond substituents is 1. The number of carbonyl (C=O) groups is 3. The Labute approximate surface area is 501 Å². The Balaban J connectivity index is 0.963. The zero-order chi connectivity index (χ0) is 60.0. The molecule has 1 heterocycles. The summed E-state index contributed by atoms with van der Waals surface area (Å²) in [5.41, 5.74) is 19.5. The molecule has 9 N–H and O–H groups in total. The van der Waals surface area contributed by atoms with Gasteiger partial charge >= 0.3 is 5.97 Å². The summed E-state index contributed by atoms with van der Waals surface area (Å²) in [4.78, 5) is 54.9. The molecule has 0 radical (unpaired) electrons. The van der Waals surface area contributed by atoms with Gasteiger partial charge in [0.2, 0.25) is 5.91 Å². The van der Waals surface area contributed by atoms with Gasteiger partial charge in [-0.3, -0.25) is 14.4 Å². The van der Waals surface area contributed by atoms with E-state index in [1.165, 1.54) is 81.7 Å². The number of aromatic hydroxyl groups is 1. The minimum atomic E-state index is -1.22. The summed E-state index contributed by atoms with van der Waals surface area (Å²) in [6.45, 7) is 15.6. The normalized spacial score (nSPS) is 23.2. The van der Waals surface area contributed by atoms with Gasteiger partial charge in [-0.1, -0.05) is 91.5 Å². The topological polar surface area (TPSA) is 243 Å². The number of ether oxygens (including phenoxy) is 3. The van der Waals surface area contributed by atoms with E-state index in [-0.39, 0.29) is 57.2 Å². The highest BCUT2D eigenvalue weighted by Gasteiger charge is 2.61. The first-order chi connectivity index (χ1) is 40.7. The van der Waals surface area contributed by atoms with Gasteiger partial charge in [-0.2, -0.15) is 0 Å². The van der Waals surface area contributed by atoms with Crippen LogP contribution < -0.4 is 27.9 Å². The number of nitrogens with two attached hydrogens (primary N) is 3. The molecule has 0 bridgehead atoms. The van der Waals surface area contributed by atoms with Crippen LogP contribution in [0.25, 0.3) is 33.4 Å². The Morgan fingerprint density at radius 1 is 0.786 bits per heavy atom. The number of hydrogen-bond donors (Lipinski definition) is 6. The second-order valence-corrected chi connectivity index (χ2v) is 25.3. The summed E-state index contributed by atoms with van der Waals surface area (Å²) in [5, 5.41) is 24.2. The van der Waals surface area contributed by atoms with Gasteiger partial charge in [0.25, 0.3) is 5.91 Å². The van der Waals surface area contributed by atoms with Crippen LogP contribution in [0.1, 0.15) is 203 Å². The number of nitrogens with zero attached hydrogens (tertiary/aromatic N) is 1. The van der Waals surface area contributed by atoms with Gasteiger partial charge in [0.1, 0.15) is 17.1 Å². The predicted octanol–water partition coefficient (Wildman–Crippen LogP) is 12.7. The quantitative estimate of drug-likeness (QED) is 0.0182. The number of aromatic carboxylic acids is 1. The molecular formula is C69H105N5O10. The number of rotatable bonds is 37. The summed E-state index contributed by atoms with van der Waals surface area (Å²) in [6.07, 6.45) is 25.1. The van der Waals surface area contributed by atoms with Crippen LogP contribution in [0, 0.1) is 40.9 Å². The number of benzene rings is 3. The molecule has 15 nitrogen and oxygen atoms in total. The molecule has 4 unspecified atom stereocenters. The largest absolute Gasteiger partial charge is 0.508 e. The number of hydrogen-bond acceptors (Lipinski definition) is 12. The van der Waals surface area contributed by atoms with Crippen molar-refractivity contribution >= 4 is 28.8 Å². The third-order valence-corrected chi connectivity index (χ3v) is 19.6. The first-order valence-electron chi connectivity index (χ1n) is 32.8. The van der Waals surface area contributed by atoms with E-state index in [0.29, 0.717) is 122 Å². The lowest BCUT2D eigenvalue weighted by atomic mass is 9.53. The van der Waals surface area contributed by atoms with Crippen LogP contribution >= 0.6 is 0 Å². The number of fused-ring (bicyclic) bond motifs is 3. The molecule has 0 aromatic heterocycles. The van der Waals surface area contributed by atoms with E-state index in [9.17, 15) is 29.4 Å². The number of carboxylic acid groups (broad SMARTS) is 1. The summed E-state index contributed by atoms with van der Waals surface area (Å²) >= 11 is 0. The van der Waals surface area contributed by atoms with E-state index in [1.54, 1.807) is 24.3 Å². The summed E-state index contributed by atoms with van der Waals surface area (Å²) in [7, 11) is 0. The molecule has 466 valence electrons. The van der Waals surface area contributed by atoms with Crippen molar-refractivity contribution in [1.29, 1.82) is 0 Å². The van der Waals surface area contributed by atoms with Crippen molar-refractivity contribution in [2.24, 2.45) is 58.1 Å². The zero-order valence-corrected chi connectivity index (χ0v) is 51.6. The SMILES string of the molecule is CCCCCCCCN(CCC[C@@H](C)C1CC[C@H]2C([C@@H](CC3CCC[C@@H](OCCCN)C3)OCCCN)[C@@H](CC)C[C@H](OCCCN)C12C)C(=O)CCCCCNC(=O)c1ccc(-c2c3ccc(=O)cc-3oc3cc(O)ccc23)c(C(=O)O)c1. The van der Waals surface area contributed by atoms with Crippen molar-refractivity contribution in [2.75, 3.05) is 59.1 Å². The minimum absolute atomic E-state index is 0.0110. The number of carbonyl (C=O) groups excluding carboxylic acids is 2. The number of unbranched alkanes of at least 4 members (excludes halogenated alkanes) is 7. The predicted molar refractivity (Wildman–Crippen MR) is 335 cm³/mol. The number of amides is 2. The van der Waals surface area contributed by atoms with Crippen LogP contribution in [0.5, 0.6) is 5.75 Å². The maximum Gasteiger partial charge on any atom is 0.336 e. The summed E-state index contributed by atoms with van der Waals surface area (Å²) in [5.74, 6) is 1.77. The van der Waals surface area contributed by atoms with Crippen LogP contribution in [0.2, 0.25) is 0 Å². The highest BCUT2D eigenvalue weighted by molar-refractivity contribution is 6.09. The second kappa shape index (κ2) is 33.9. The first kappa shape index (κ1) is 66.6. The van der Waals surface area contributed by atoms with Crippen molar-refractivity contribution < 1.29 is 43.2 Å². The van der Waals surface area contributed by atoms with Crippen molar-refractivity contribution in [3.63, 3.8) is 0 Å². The number of nitrogens with one attached hydrogen (secondary N) is 1. The van der Waals surface area contributed by atoms with Gasteiger partial charge in [-0.05, 0) is 187 Å². The van der Waals surface area contributed by atoms with E-state index in [0.717, 1.165) is 103 Å². The van der Waals surface area contributed by atoms with E-state index < -0.39 is 11.9 Å². The molecule has 5 aliphatic rings. The van der Waals surface area contributed by atoms with Gasteiger partial charge in [0.15, 0.2) is 5.43 Å². The van der Waals surface area contributed by atoms with Gasteiger partial charge in [0.05, 0.1) is 23.9 Å². The van der Waals surface area contributed by atoms with E-state index in [1.807, 2.05) is 0 Å². The highest BCUT2D eigenvalue weighted by Crippen LogP contribution is 2.64. The fraction of sp³-hybridized carbons (Fsp3) is 0.681. The fourth-order valence-electron chi connectivity index (χ4n) is 15.3.